The van der Waals surface area contributed by atoms with Crippen molar-refractivity contribution >= 4 is 33.4 Å². The van der Waals surface area contributed by atoms with Crippen LogP contribution in [0, 0.1) is 0 Å². The Kier molecular flexibility index (Phi) is 5.09. The third kappa shape index (κ3) is 3.54. The van der Waals surface area contributed by atoms with E-state index in [0.717, 1.165) is 43.4 Å². The average molecular weight is 385 g/mol. The van der Waals surface area contributed by atoms with Crippen molar-refractivity contribution in [3.05, 3.63) is 46.3 Å². The maximum absolute atomic E-state index is 12.6. The normalized spacial score (nSPS) is 17.2. The molecule has 1 aliphatic heterocycles. The Bertz CT molecular complexity index is 970. The summed E-state index contributed by atoms with van der Waals surface area (Å²) in [5, 5.41) is 5.39. The maximum Gasteiger partial charge on any atom is 0.326 e. The second-order valence-electron chi connectivity index (χ2n) is 6.84. The van der Waals surface area contributed by atoms with Gasteiger partial charge in [-0.05, 0) is 31.4 Å². The number of likely N-dealkylation sites (tertiary alicyclic amines) is 1. The number of nitrogens with zero attached hydrogens (tertiary/aromatic N) is 3. The molecular formula is C19H23N5O2S. The van der Waals surface area contributed by atoms with Gasteiger partial charge >= 0.3 is 5.69 Å². The molecule has 3 heterocycles. The van der Waals surface area contributed by atoms with Gasteiger partial charge in [-0.1, -0.05) is 19.1 Å². The van der Waals surface area contributed by atoms with Crippen LogP contribution in [0.2, 0.25) is 0 Å². The minimum atomic E-state index is -0.172. The molecule has 3 aromatic rings. The molecule has 0 unspecified atom stereocenters. The second kappa shape index (κ2) is 7.66. The predicted molar refractivity (Wildman–Crippen MR) is 107 cm³/mol. The molecule has 1 saturated heterocycles. The van der Waals surface area contributed by atoms with Crippen LogP contribution in [0.15, 0.2) is 40.6 Å². The van der Waals surface area contributed by atoms with Gasteiger partial charge in [0.2, 0.25) is 5.91 Å². The van der Waals surface area contributed by atoms with E-state index in [2.05, 4.69) is 20.2 Å². The summed E-state index contributed by atoms with van der Waals surface area (Å²) in [5.41, 5.74) is 1.77. The molecule has 1 aromatic carbocycles. The first-order valence-electron chi connectivity index (χ1n) is 9.31. The third-order valence-corrected chi connectivity index (χ3v) is 5.97. The summed E-state index contributed by atoms with van der Waals surface area (Å²) in [6, 6.07) is 7.78. The number of hydrogen-bond acceptors (Lipinski definition) is 5. The molecule has 7 nitrogen and oxygen atoms in total. The number of piperidine rings is 1. The first-order valence-corrected chi connectivity index (χ1v) is 10.2. The van der Waals surface area contributed by atoms with Crippen molar-refractivity contribution in [2.45, 2.75) is 38.3 Å². The summed E-state index contributed by atoms with van der Waals surface area (Å²) in [7, 11) is 0. The first kappa shape index (κ1) is 17.9. The molecule has 0 aliphatic carbocycles. The number of nitrogens with one attached hydrogen (secondary N) is 2. The van der Waals surface area contributed by atoms with Crippen LogP contribution in [0.4, 0.5) is 5.13 Å². The van der Waals surface area contributed by atoms with E-state index in [1.807, 2.05) is 41.1 Å². The molecule has 1 aliphatic rings. The molecule has 142 valence electrons. The van der Waals surface area contributed by atoms with Crippen molar-refractivity contribution in [1.29, 1.82) is 0 Å². The van der Waals surface area contributed by atoms with E-state index in [1.165, 1.54) is 11.3 Å². The smallest absolute Gasteiger partial charge is 0.306 e. The zero-order valence-electron chi connectivity index (χ0n) is 15.2. The monoisotopic (exact) mass is 385 g/mol. The van der Waals surface area contributed by atoms with Crippen LogP contribution in [0.3, 0.4) is 0 Å². The van der Waals surface area contributed by atoms with E-state index < -0.39 is 0 Å². The SMILES string of the molecule is CC[C@H](C(=O)Nc1nccs1)N1CCC(n2c(=O)[nH]c3ccccc32)CC1. The number of amides is 1. The quantitative estimate of drug-likeness (QED) is 0.707. The molecule has 1 atom stereocenters. The van der Waals surface area contributed by atoms with E-state index >= 15 is 0 Å². The van der Waals surface area contributed by atoms with Crippen molar-refractivity contribution in [2.24, 2.45) is 0 Å². The predicted octanol–water partition coefficient (Wildman–Crippen LogP) is 2.84. The maximum atomic E-state index is 12.6. The number of fused-ring (bicyclic) bond motifs is 1. The minimum absolute atomic E-state index is 0.00448. The molecule has 0 radical (unpaired) electrons. The molecule has 0 saturated carbocycles. The van der Waals surface area contributed by atoms with Crippen LogP contribution in [0.5, 0.6) is 0 Å². The Morgan fingerprint density at radius 1 is 1.37 bits per heavy atom. The number of anilines is 1. The zero-order chi connectivity index (χ0) is 18.8. The number of carbonyl (C=O) groups excluding carboxylic acids is 1. The van der Waals surface area contributed by atoms with E-state index in [4.69, 9.17) is 0 Å². The summed E-state index contributed by atoms with van der Waals surface area (Å²) in [4.78, 5) is 34.3. The first-order chi connectivity index (χ1) is 13.2. The summed E-state index contributed by atoms with van der Waals surface area (Å²) in [6.45, 7) is 3.61. The van der Waals surface area contributed by atoms with Gasteiger partial charge < -0.3 is 10.3 Å². The van der Waals surface area contributed by atoms with Gasteiger partial charge in [0.1, 0.15) is 0 Å². The van der Waals surface area contributed by atoms with Gasteiger partial charge in [0.25, 0.3) is 0 Å². The number of thiazole rings is 1. The van der Waals surface area contributed by atoms with Gasteiger partial charge in [-0.2, -0.15) is 0 Å². The van der Waals surface area contributed by atoms with E-state index in [1.54, 1.807) is 6.20 Å². The van der Waals surface area contributed by atoms with Crippen molar-refractivity contribution in [2.75, 3.05) is 18.4 Å². The summed E-state index contributed by atoms with van der Waals surface area (Å²) in [5.74, 6) is -0.00448. The molecular weight excluding hydrogens is 362 g/mol. The van der Waals surface area contributed by atoms with Gasteiger partial charge in [-0.15, -0.1) is 11.3 Å². The van der Waals surface area contributed by atoms with Crippen LogP contribution in [0.1, 0.15) is 32.2 Å². The molecule has 8 heteroatoms. The van der Waals surface area contributed by atoms with Crippen LogP contribution in [-0.2, 0) is 4.79 Å². The number of aromatic amines is 1. The largest absolute Gasteiger partial charge is 0.326 e. The third-order valence-electron chi connectivity index (χ3n) is 5.28. The van der Waals surface area contributed by atoms with E-state index in [-0.39, 0.29) is 23.7 Å². The highest BCUT2D eigenvalue weighted by Crippen LogP contribution is 2.26. The number of para-hydroxylation sites is 2. The fourth-order valence-electron chi connectivity index (χ4n) is 3.98. The molecule has 0 spiro atoms. The average Bonchev–Trinajstić information content (AvgIpc) is 3.29. The van der Waals surface area contributed by atoms with Crippen molar-refractivity contribution in [3.63, 3.8) is 0 Å². The lowest BCUT2D eigenvalue weighted by Crippen LogP contribution is -2.48. The fourth-order valence-corrected chi connectivity index (χ4v) is 4.51. The lowest BCUT2D eigenvalue weighted by Gasteiger charge is -2.36. The number of imidazole rings is 1. The summed E-state index contributed by atoms with van der Waals surface area (Å²) in [6.07, 6.45) is 4.13. The highest BCUT2D eigenvalue weighted by Gasteiger charge is 2.30. The fraction of sp³-hybridized carbons (Fsp3) is 0.421. The van der Waals surface area contributed by atoms with Gasteiger partial charge in [-0.25, -0.2) is 9.78 Å². The Hall–Kier alpha value is -2.45. The van der Waals surface area contributed by atoms with Crippen molar-refractivity contribution in [3.8, 4) is 0 Å². The molecule has 2 N–H and O–H groups in total. The summed E-state index contributed by atoms with van der Waals surface area (Å²) < 4.78 is 1.88. The topological polar surface area (TPSA) is 83.0 Å². The standard InChI is InChI=1S/C19H23N5O2S/c1-2-15(17(25)22-18-20-9-12-27-18)23-10-7-13(8-11-23)24-16-6-4-3-5-14(16)21-19(24)26/h3-6,9,12-13,15H,2,7-8,10-11H2,1H3,(H,21,26)(H,20,22,25)/t15-/m1/s1. The Labute approximate surface area is 161 Å². The van der Waals surface area contributed by atoms with Crippen LogP contribution in [-0.4, -0.2) is 44.5 Å². The molecule has 4 rings (SSSR count). The molecule has 1 fully saturated rings. The number of aromatic nitrogens is 3. The number of H-pyrrole nitrogens is 1. The summed E-state index contributed by atoms with van der Waals surface area (Å²) >= 11 is 1.42. The highest BCUT2D eigenvalue weighted by molar-refractivity contribution is 7.13. The van der Waals surface area contributed by atoms with Crippen LogP contribution < -0.4 is 11.0 Å². The second-order valence-corrected chi connectivity index (χ2v) is 7.73. The molecule has 0 bridgehead atoms. The van der Waals surface area contributed by atoms with Gasteiger partial charge in [-0.3, -0.25) is 14.3 Å². The Morgan fingerprint density at radius 3 is 2.85 bits per heavy atom. The number of carbonyl (C=O) groups is 1. The van der Waals surface area contributed by atoms with Crippen LogP contribution >= 0.6 is 11.3 Å². The Morgan fingerprint density at radius 2 is 2.15 bits per heavy atom. The highest BCUT2D eigenvalue weighted by atomic mass is 32.1. The van der Waals surface area contributed by atoms with E-state index in [0.29, 0.717) is 5.13 Å². The molecule has 2 aromatic heterocycles. The molecule has 27 heavy (non-hydrogen) atoms. The molecule has 1 amide bonds. The lowest BCUT2D eigenvalue weighted by molar-refractivity contribution is -0.122. The Balaban J connectivity index is 1.45. The minimum Gasteiger partial charge on any atom is -0.306 e. The number of hydrogen-bond donors (Lipinski definition) is 2. The van der Waals surface area contributed by atoms with Gasteiger partial charge in [0, 0.05) is 30.7 Å². The zero-order valence-corrected chi connectivity index (χ0v) is 16.0. The van der Waals surface area contributed by atoms with E-state index in [9.17, 15) is 9.59 Å². The van der Waals surface area contributed by atoms with Gasteiger partial charge in [0.15, 0.2) is 5.13 Å². The van der Waals surface area contributed by atoms with Crippen molar-refractivity contribution in [1.82, 2.24) is 19.4 Å². The number of rotatable bonds is 5. The lowest BCUT2D eigenvalue weighted by atomic mass is 10.0. The van der Waals surface area contributed by atoms with Crippen molar-refractivity contribution < 1.29 is 4.79 Å². The van der Waals surface area contributed by atoms with Crippen LogP contribution in [0.25, 0.3) is 11.0 Å². The van der Waals surface area contributed by atoms with Gasteiger partial charge in [0.05, 0.1) is 17.1 Å². The number of benzene rings is 1.